The molecule has 0 spiro atoms. The molecule has 2 atom stereocenters. The van der Waals surface area contributed by atoms with Crippen molar-refractivity contribution in [2.75, 3.05) is 0 Å². The molecule has 5 nitrogen and oxygen atoms in total. The van der Waals surface area contributed by atoms with Crippen LogP contribution < -0.4 is 0 Å². The summed E-state index contributed by atoms with van der Waals surface area (Å²) in [7, 11) is 0. The Hall–Kier alpha value is -3.62. The fourth-order valence-corrected chi connectivity index (χ4v) is 4.67. The molecular weight excluding hydrogens is 424 g/mol. The number of benzene rings is 3. The van der Waals surface area contributed by atoms with Crippen molar-refractivity contribution in [2.45, 2.75) is 31.8 Å². The molecule has 160 valence electrons. The number of rotatable bonds is 4. The van der Waals surface area contributed by atoms with Gasteiger partial charge in [0.25, 0.3) is 5.91 Å². The summed E-state index contributed by atoms with van der Waals surface area (Å²) in [5, 5.41) is 19.4. The van der Waals surface area contributed by atoms with Crippen LogP contribution in [0.25, 0.3) is 11.1 Å². The Morgan fingerprint density at radius 3 is 2.53 bits per heavy atom. The summed E-state index contributed by atoms with van der Waals surface area (Å²) in [4.78, 5) is 26.9. The number of hydrogen-bond donors (Lipinski definition) is 1. The molecule has 0 bridgehead atoms. The van der Waals surface area contributed by atoms with Crippen molar-refractivity contribution in [2.24, 2.45) is 0 Å². The van der Waals surface area contributed by atoms with E-state index in [2.05, 4.69) is 6.07 Å². The molecule has 0 saturated carbocycles. The van der Waals surface area contributed by atoms with E-state index in [9.17, 15) is 14.7 Å². The van der Waals surface area contributed by atoms with Crippen LogP contribution in [0.4, 0.5) is 0 Å². The summed E-state index contributed by atoms with van der Waals surface area (Å²) in [6.45, 7) is 1.90. The Bertz CT molecular complexity index is 1250. The summed E-state index contributed by atoms with van der Waals surface area (Å²) in [5.41, 5.74) is 4.41. The highest BCUT2D eigenvalue weighted by atomic mass is 35.5. The minimum atomic E-state index is -1.02. The third-order valence-electron chi connectivity index (χ3n) is 5.94. The maximum atomic E-state index is 13.5. The molecule has 3 aromatic carbocycles. The van der Waals surface area contributed by atoms with Crippen LogP contribution in [0, 0.1) is 18.3 Å². The topological polar surface area (TPSA) is 81.4 Å². The molecule has 1 fully saturated rings. The smallest absolute Gasteiger partial charge is 0.326 e. The van der Waals surface area contributed by atoms with Gasteiger partial charge in [0.1, 0.15) is 6.04 Å². The Balaban J connectivity index is 1.71. The fourth-order valence-electron chi connectivity index (χ4n) is 4.41. The standard InChI is InChI=1S/C26H21ClN2O3/c1-16-13-19(9-10-20(16)18-6-4-5-17(14-18)15-28)25(30)29-23(11-12-24(29)26(31)32)21-7-2-3-8-22(21)27/h2-10,13-14,23-24H,11-12H2,1H3,(H,31,32)/t23-,24+/m1/s1. The molecule has 1 N–H and O–H groups in total. The second kappa shape index (κ2) is 8.86. The Labute approximate surface area is 191 Å². The zero-order valence-corrected chi connectivity index (χ0v) is 18.2. The van der Waals surface area contributed by atoms with Crippen molar-refractivity contribution in [1.82, 2.24) is 4.90 Å². The van der Waals surface area contributed by atoms with Crippen LogP contribution in [-0.4, -0.2) is 27.9 Å². The molecule has 0 radical (unpaired) electrons. The quantitative estimate of drug-likeness (QED) is 0.566. The number of nitriles is 1. The summed E-state index contributed by atoms with van der Waals surface area (Å²) in [5.74, 6) is -1.35. The molecule has 0 aliphatic carbocycles. The minimum absolute atomic E-state index is 0.333. The maximum absolute atomic E-state index is 13.5. The van der Waals surface area contributed by atoms with Gasteiger partial charge in [-0.15, -0.1) is 0 Å². The largest absolute Gasteiger partial charge is 0.480 e. The van der Waals surface area contributed by atoms with E-state index >= 15 is 0 Å². The zero-order chi connectivity index (χ0) is 22.8. The number of carbonyl (C=O) groups excluding carboxylic acids is 1. The van der Waals surface area contributed by atoms with Gasteiger partial charge in [-0.25, -0.2) is 4.79 Å². The first-order valence-corrected chi connectivity index (χ1v) is 10.7. The van der Waals surface area contributed by atoms with Crippen LogP contribution >= 0.6 is 11.6 Å². The third kappa shape index (κ3) is 3.98. The number of aryl methyl sites for hydroxylation is 1. The van der Waals surface area contributed by atoms with Crippen molar-refractivity contribution in [1.29, 1.82) is 5.26 Å². The van der Waals surface area contributed by atoms with Crippen molar-refractivity contribution in [3.05, 3.63) is 94.0 Å². The molecular formula is C26H21ClN2O3. The van der Waals surface area contributed by atoms with Crippen LogP contribution in [0.3, 0.4) is 0 Å². The van der Waals surface area contributed by atoms with Crippen molar-refractivity contribution < 1.29 is 14.7 Å². The molecule has 1 amide bonds. The number of halogens is 1. The molecule has 1 aliphatic heterocycles. The van der Waals surface area contributed by atoms with Gasteiger partial charge in [-0.1, -0.05) is 48.0 Å². The maximum Gasteiger partial charge on any atom is 0.326 e. The Morgan fingerprint density at radius 2 is 1.84 bits per heavy atom. The first-order valence-electron chi connectivity index (χ1n) is 10.3. The van der Waals surface area contributed by atoms with Crippen LogP contribution in [0.2, 0.25) is 5.02 Å². The SMILES string of the molecule is Cc1cc(C(=O)N2[C@@H](c3ccccc3Cl)CC[C@H]2C(=O)O)ccc1-c1cccc(C#N)c1. The van der Waals surface area contributed by atoms with Gasteiger partial charge in [-0.2, -0.15) is 5.26 Å². The average molecular weight is 445 g/mol. The predicted molar refractivity (Wildman–Crippen MR) is 122 cm³/mol. The summed E-state index contributed by atoms with van der Waals surface area (Å²) < 4.78 is 0. The molecule has 1 heterocycles. The van der Waals surface area contributed by atoms with Gasteiger partial charge in [0, 0.05) is 10.6 Å². The van der Waals surface area contributed by atoms with Gasteiger partial charge in [0.15, 0.2) is 0 Å². The van der Waals surface area contributed by atoms with Crippen LogP contribution in [-0.2, 0) is 4.79 Å². The van der Waals surface area contributed by atoms with Gasteiger partial charge in [-0.3, -0.25) is 4.79 Å². The summed E-state index contributed by atoms with van der Waals surface area (Å²) >= 11 is 6.38. The van der Waals surface area contributed by atoms with E-state index in [1.54, 1.807) is 30.3 Å². The monoisotopic (exact) mass is 444 g/mol. The normalized spacial score (nSPS) is 17.7. The van der Waals surface area contributed by atoms with Crippen molar-refractivity contribution in [3.8, 4) is 17.2 Å². The molecule has 3 aromatic rings. The van der Waals surface area contributed by atoms with Gasteiger partial charge in [0.05, 0.1) is 17.7 Å². The molecule has 1 aliphatic rings. The van der Waals surface area contributed by atoms with Crippen LogP contribution in [0.1, 0.15) is 45.9 Å². The zero-order valence-electron chi connectivity index (χ0n) is 17.5. The lowest BCUT2D eigenvalue weighted by Gasteiger charge is -2.29. The molecule has 32 heavy (non-hydrogen) atoms. The van der Waals surface area contributed by atoms with E-state index in [-0.39, 0.29) is 5.91 Å². The van der Waals surface area contributed by atoms with E-state index < -0.39 is 18.1 Å². The highest BCUT2D eigenvalue weighted by Crippen LogP contribution is 2.40. The first-order chi connectivity index (χ1) is 15.4. The van der Waals surface area contributed by atoms with E-state index in [1.807, 2.05) is 43.3 Å². The number of carboxylic acid groups (broad SMARTS) is 1. The van der Waals surface area contributed by atoms with Crippen molar-refractivity contribution in [3.63, 3.8) is 0 Å². The first kappa shape index (κ1) is 21.6. The number of carbonyl (C=O) groups is 2. The van der Waals surface area contributed by atoms with Gasteiger partial charge < -0.3 is 10.0 Å². The second-order valence-corrected chi connectivity index (χ2v) is 8.31. The van der Waals surface area contributed by atoms with Crippen LogP contribution in [0.15, 0.2) is 66.7 Å². The number of amides is 1. The summed E-state index contributed by atoms with van der Waals surface area (Å²) in [6.07, 6.45) is 0.902. The molecule has 4 rings (SSSR count). The molecule has 1 saturated heterocycles. The second-order valence-electron chi connectivity index (χ2n) is 7.90. The van der Waals surface area contributed by atoms with E-state index in [1.165, 1.54) is 4.90 Å². The molecule has 0 aromatic heterocycles. The van der Waals surface area contributed by atoms with Crippen LogP contribution in [0.5, 0.6) is 0 Å². The summed E-state index contributed by atoms with van der Waals surface area (Å²) in [6, 6.07) is 20.7. The minimum Gasteiger partial charge on any atom is -0.480 e. The number of nitrogens with zero attached hydrogens (tertiary/aromatic N) is 2. The molecule has 6 heteroatoms. The predicted octanol–water partition coefficient (Wildman–Crippen LogP) is 5.62. The Morgan fingerprint density at radius 1 is 1.06 bits per heavy atom. The van der Waals surface area contributed by atoms with Gasteiger partial charge in [-0.05, 0) is 72.4 Å². The van der Waals surface area contributed by atoms with Gasteiger partial charge >= 0.3 is 5.97 Å². The highest BCUT2D eigenvalue weighted by Gasteiger charge is 2.42. The lowest BCUT2D eigenvalue weighted by molar-refractivity contribution is -0.141. The van der Waals surface area contributed by atoms with Gasteiger partial charge in [0.2, 0.25) is 0 Å². The van der Waals surface area contributed by atoms with E-state index in [4.69, 9.17) is 16.9 Å². The number of aliphatic carboxylic acids is 1. The van der Waals surface area contributed by atoms with E-state index in [0.717, 1.165) is 22.3 Å². The Kier molecular flexibility index (Phi) is 5.98. The molecule has 0 unspecified atom stereocenters. The number of likely N-dealkylation sites (tertiary alicyclic amines) is 1. The number of hydrogen-bond acceptors (Lipinski definition) is 3. The average Bonchev–Trinajstić information content (AvgIpc) is 3.24. The third-order valence-corrected chi connectivity index (χ3v) is 6.29. The lowest BCUT2D eigenvalue weighted by Crippen LogP contribution is -2.41. The fraction of sp³-hybridized carbons (Fsp3) is 0.192. The van der Waals surface area contributed by atoms with E-state index in [0.29, 0.717) is 29.0 Å². The lowest BCUT2D eigenvalue weighted by atomic mass is 9.96. The highest BCUT2D eigenvalue weighted by molar-refractivity contribution is 6.31. The number of carboxylic acids is 1. The van der Waals surface area contributed by atoms with Crippen molar-refractivity contribution >= 4 is 23.5 Å².